The van der Waals surface area contributed by atoms with Gasteiger partial charge in [0.05, 0.1) is 22.0 Å². The van der Waals surface area contributed by atoms with Gasteiger partial charge in [-0.1, -0.05) is 55.8 Å². The molecule has 2 aliphatic rings. The lowest BCUT2D eigenvalue weighted by molar-refractivity contribution is 0.0134. The number of hydrogen-bond donors (Lipinski definition) is 0. The Bertz CT molecular complexity index is 1640. The maximum atomic E-state index is 15.0. The van der Waals surface area contributed by atoms with Gasteiger partial charge < -0.3 is 14.5 Å². The molecular weight excluding hydrogens is 588 g/mol. The van der Waals surface area contributed by atoms with E-state index in [0.29, 0.717) is 36.9 Å². The molecule has 8 nitrogen and oxygen atoms in total. The summed E-state index contributed by atoms with van der Waals surface area (Å²) in [5.74, 6) is 0.560. The highest BCUT2D eigenvalue weighted by atomic mass is 35.5. The van der Waals surface area contributed by atoms with E-state index in [-0.39, 0.29) is 34.3 Å². The van der Waals surface area contributed by atoms with E-state index in [1.54, 1.807) is 40.5 Å². The Morgan fingerprint density at radius 2 is 1.77 bits per heavy atom. The predicted molar refractivity (Wildman–Crippen MR) is 171 cm³/mol. The Balaban J connectivity index is 1.65. The standard InChI is InChI=1S/C32H38ClFN5O3P/c1-20(2)22-12-9-11-15-27(22)39-29-24(18-25(33)28(35-29)23-13-8-10-14-26(23)34)30(36-43(39,7)41)38-17-16-37(19-21(38)3)31(40)42-32(4,5)6/h8-15,18,20-21H,16-17,19H2,1-7H3/t21-,43?/m0/s1. The van der Waals surface area contributed by atoms with Gasteiger partial charge >= 0.3 is 6.09 Å². The average Bonchev–Trinajstić information content (AvgIpc) is 2.92. The van der Waals surface area contributed by atoms with Crippen LogP contribution in [0.4, 0.5) is 20.7 Å². The second-order valence-electron chi connectivity index (χ2n) is 12.4. The van der Waals surface area contributed by atoms with E-state index in [1.165, 1.54) is 6.07 Å². The fourth-order valence-electron chi connectivity index (χ4n) is 5.56. The van der Waals surface area contributed by atoms with E-state index in [9.17, 15) is 9.36 Å². The second kappa shape index (κ2) is 11.6. The molecule has 2 aromatic carbocycles. The lowest BCUT2D eigenvalue weighted by Gasteiger charge is -2.44. The Kier molecular flexibility index (Phi) is 8.36. The first-order chi connectivity index (χ1) is 20.2. The van der Waals surface area contributed by atoms with Gasteiger partial charge in [0.25, 0.3) is 7.44 Å². The van der Waals surface area contributed by atoms with Gasteiger partial charge in [-0.15, -0.1) is 0 Å². The molecule has 43 heavy (non-hydrogen) atoms. The quantitative estimate of drug-likeness (QED) is 0.272. The van der Waals surface area contributed by atoms with Crippen molar-refractivity contribution in [2.75, 3.05) is 31.0 Å². The number of para-hydroxylation sites is 1. The molecule has 1 aromatic heterocycles. The van der Waals surface area contributed by atoms with Crippen molar-refractivity contribution in [3.8, 4) is 11.3 Å². The molecule has 2 aliphatic heterocycles. The van der Waals surface area contributed by atoms with Crippen LogP contribution in [0.1, 0.15) is 58.6 Å². The van der Waals surface area contributed by atoms with Crippen LogP contribution in [0.2, 0.25) is 5.02 Å². The Labute approximate surface area is 258 Å². The number of piperazine rings is 1. The van der Waals surface area contributed by atoms with Gasteiger partial charge in [-0.25, -0.2) is 14.2 Å². The summed E-state index contributed by atoms with van der Waals surface area (Å²) in [6.07, 6.45) is -0.373. The van der Waals surface area contributed by atoms with E-state index in [1.807, 2.05) is 56.9 Å². The molecule has 1 fully saturated rings. The number of halogens is 2. The Morgan fingerprint density at radius 3 is 2.42 bits per heavy atom. The topological polar surface area (TPSA) is 78.3 Å². The molecule has 0 bridgehead atoms. The lowest BCUT2D eigenvalue weighted by Crippen LogP contribution is -2.56. The van der Waals surface area contributed by atoms with Crippen LogP contribution in [0.15, 0.2) is 59.4 Å². The minimum atomic E-state index is -3.49. The SMILES string of the molecule is CC(C)c1ccccc1N1c2nc(-c3ccccc3F)c(Cl)cc2C(N2CCN(C(=O)OC(C)(C)C)C[C@@H]2C)=NP1(C)=O. The molecule has 3 aromatic rings. The number of hydrogen-bond acceptors (Lipinski definition) is 5. The van der Waals surface area contributed by atoms with Crippen molar-refractivity contribution < 1.29 is 18.5 Å². The third-order valence-corrected chi connectivity index (χ3v) is 9.51. The minimum Gasteiger partial charge on any atom is -0.444 e. The number of amides is 1. The number of carbonyl (C=O) groups excluding carboxylic acids is 1. The van der Waals surface area contributed by atoms with Crippen molar-refractivity contribution in [3.05, 3.63) is 76.6 Å². The maximum Gasteiger partial charge on any atom is 0.410 e. The van der Waals surface area contributed by atoms with E-state index in [2.05, 4.69) is 13.8 Å². The Morgan fingerprint density at radius 1 is 1.09 bits per heavy atom. The molecule has 11 heteroatoms. The highest BCUT2D eigenvalue weighted by Crippen LogP contribution is 2.60. The maximum absolute atomic E-state index is 15.0. The molecule has 228 valence electrons. The van der Waals surface area contributed by atoms with Crippen LogP contribution < -0.4 is 4.67 Å². The number of pyridine rings is 1. The van der Waals surface area contributed by atoms with Crippen LogP contribution in [0.25, 0.3) is 11.3 Å². The van der Waals surface area contributed by atoms with E-state index >= 15 is 4.39 Å². The number of carbonyl (C=O) groups is 1. The zero-order valence-electron chi connectivity index (χ0n) is 25.6. The van der Waals surface area contributed by atoms with Gasteiger partial charge in [-0.2, -0.15) is 4.76 Å². The summed E-state index contributed by atoms with van der Waals surface area (Å²) in [6.45, 7) is 14.5. The van der Waals surface area contributed by atoms with Crippen molar-refractivity contribution in [2.45, 2.75) is 59.1 Å². The highest BCUT2D eigenvalue weighted by molar-refractivity contribution is 7.64. The summed E-state index contributed by atoms with van der Waals surface area (Å²) in [6, 6.07) is 15.7. The first kappa shape index (κ1) is 31.0. The van der Waals surface area contributed by atoms with Crippen LogP contribution in [-0.4, -0.2) is 64.7 Å². The number of ether oxygens (including phenoxy) is 1. The fourth-order valence-corrected chi connectivity index (χ4v) is 7.56. The molecule has 5 rings (SSSR count). The van der Waals surface area contributed by atoms with Crippen molar-refractivity contribution in [1.29, 1.82) is 0 Å². The molecule has 1 saturated heterocycles. The molecule has 1 amide bonds. The van der Waals surface area contributed by atoms with Crippen LogP contribution in [0.3, 0.4) is 0 Å². The van der Waals surface area contributed by atoms with E-state index in [0.717, 1.165) is 11.3 Å². The lowest BCUT2D eigenvalue weighted by atomic mass is 10.0. The number of anilines is 2. The number of benzene rings is 2. The van der Waals surface area contributed by atoms with Crippen molar-refractivity contribution >= 4 is 42.5 Å². The third kappa shape index (κ3) is 6.16. The zero-order chi connectivity index (χ0) is 31.3. The first-order valence-corrected chi connectivity index (χ1v) is 16.9. The largest absolute Gasteiger partial charge is 0.444 e. The van der Waals surface area contributed by atoms with Gasteiger partial charge in [0.2, 0.25) is 0 Å². The third-order valence-electron chi connectivity index (χ3n) is 7.52. The molecule has 2 atom stereocenters. The van der Waals surface area contributed by atoms with Crippen molar-refractivity contribution in [2.24, 2.45) is 4.76 Å². The molecule has 0 saturated carbocycles. The van der Waals surface area contributed by atoms with Crippen LogP contribution in [0.5, 0.6) is 0 Å². The molecule has 1 unspecified atom stereocenters. The molecule has 0 radical (unpaired) electrons. The minimum absolute atomic E-state index is 0.129. The first-order valence-electron chi connectivity index (χ1n) is 14.5. The van der Waals surface area contributed by atoms with Crippen LogP contribution >= 0.6 is 19.0 Å². The van der Waals surface area contributed by atoms with E-state index in [4.69, 9.17) is 26.1 Å². The summed E-state index contributed by atoms with van der Waals surface area (Å²) in [5, 5.41) is 0.251. The number of aromatic nitrogens is 1. The number of amidine groups is 1. The number of nitrogens with zero attached hydrogens (tertiary/aromatic N) is 5. The molecule has 0 aliphatic carbocycles. The monoisotopic (exact) mass is 625 g/mol. The smallest absolute Gasteiger partial charge is 0.410 e. The van der Waals surface area contributed by atoms with Crippen LogP contribution in [0, 0.1) is 5.82 Å². The van der Waals surface area contributed by atoms with Gasteiger partial charge in [-0.3, -0.25) is 9.24 Å². The Hall–Kier alpha value is -3.42. The van der Waals surface area contributed by atoms with Crippen LogP contribution in [-0.2, 0) is 9.30 Å². The molecule has 3 heterocycles. The molecule has 0 spiro atoms. The molecular formula is C32H38ClFN5O3P. The molecule has 0 N–H and O–H groups in total. The number of rotatable bonds is 3. The highest BCUT2D eigenvalue weighted by Gasteiger charge is 2.42. The predicted octanol–water partition coefficient (Wildman–Crippen LogP) is 8.33. The van der Waals surface area contributed by atoms with Gasteiger partial charge in [-0.05, 0) is 63.4 Å². The summed E-state index contributed by atoms with van der Waals surface area (Å²) in [4.78, 5) is 21.5. The second-order valence-corrected chi connectivity index (χ2v) is 15.1. The van der Waals surface area contributed by atoms with E-state index < -0.39 is 18.9 Å². The number of fused-ring (bicyclic) bond motifs is 1. The zero-order valence-corrected chi connectivity index (χ0v) is 27.3. The summed E-state index contributed by atoms with van der Waals surface area (Å²) in [7, 11) is -3.49. The van der Waals surface area contributed by atoms with Gasteiger partial charge in [0.1, 0.15) is 17.3 Å². The van der Waals surface area contributed by atoms with Gasteiger partial charge in [0.15, 0.2) is 5.82 Å². The summed E-state index contributed by atoms with van der Waals surface area (Å²) >= 11 is 6.82. The fraction of sp³-hybridized carbons (Fsp3) is 0.406. The van der Waals surface area contributed by atoms with Crippen molar-refractivity contribution in [1.82, 2.24) is 14.8 Å². The van der Waals surface area contributed by atoms with Gasteiger partial charge in [0, 0.05) is 37.9 Å². The van der Waals surface area contributed by atoms with Crippen molar-refractivity contribution in [3.63, 3.8) is 0 Å². The normalized spacial score (nSPS) is 20.7. The summed E-state index contributed by atoms with van der Waals surface area (Å²) in [5.41, 5.74) is 2.21. The average molecular weight is 626 g/mol. The summed E-state index contributed by atoms with van der Waals surface area (Å²) < 4.78 is 41.9.